The van der Waals surface area contributed by atoms with Gasteiger partial charge in [0, 0.05) is 16.5 Å². The van der Waals surface area contributed by atoms with Gasteiger partial charge in [-0.25, -0.2) is 0 Å². The molecule has 4 aliphatic rings. The van der Waals surface area contributed by atoms with Crippen molar-refractivity contribution in [2.75, 3.05) is 13.2 Å². The Labute approximate surface area is 215 Å². The summed E-state index contributed by atoms with van der Waals surface area (Å²) in [5.41, 5.74) is 6.76. The van der Waals surface area contributed by atoms with E-state index in [4.69, 9.17) is 9.47 Å². The minimum atomic E-state index is -1.81. The maximum absolute atomic E-state index is 5.98. The summed E-state index contributed by atoms with van der Waals surface area (Å²) in [6.07, 6.45) is 6.68. The molecule has 0 aromatic heterocycles. The van der Waals surface area contributed by atoms with Crippen LogP contribution in [0.4, 0.5) is 0 Å². The Morgan fingerprint density at radius 2 is 1.49 bits per heavy atom. The molecule has 1 saturated carbocycles. The van der Waals surface area contributed by atoms with E-state index in [1.54, 1.807) is 0 Å². The largest absolute Gasteiger partial charge is 0.486 e. The molecule has 3 nitrogen and oxygen atoms in total. The van der Waals surface area contributed by atoms with Crippen molar-refractivity contribution in [2.24, 2.45) is 17.8 Å². The molecule has 0 N–H and O–H groups in total. The lowest BCUT2D eigenvalue weighted by Crippen LogP contribution is -2.67. The molecule has 192 valence electrons. The minimum absolute atomic E-state index is 0.0161. The van der Waals surface area contributed by atoms with Crippen molar-refractivity contribution < 1.29 is 9.47 Å². The van der Waals surface area contributed by atoms with Crippen LogP contribution in [0.5, 0.6) is 11.5 Å². The van der Waals surface area contributed by atoms with Crippen molar-refractivity contribution in [1.82, 2.24) is 4.57 Å². The highest BCUT2D eigenvalue weighted by atomic mass is 28.3. The number of hydrogen-bond acceptors (Lipinski definition) is 3. The monoisotopic (exact) mass is 493 g/mol. The zero-order valence-corrected chi connectivity index (χ0v) is 25.0. The van der Waals surface area contributed by atoms with Gasteiger partial charge in [-0.1, -0.05) is 46.0 Å². The molecule has 5 rings (SSSR count). The molecule has 4 heteroatoms. The van der Waals surface area contributed by atoms with Crippen LogP contribution in [-0.4, -0.2) is 37.1 Å². The van der Waals surface area contributed by atoms with E-state index in [0.717, 1.165) is 23.0 Å². The number of rotatable bonds is 2. The molecule has 1 heterocycles. The predicted octanol–water partition coefficient (Wildman–Crippen LogP) is 7.82. The predicted molar refractivity (Wildman–Crippen MR) is 150 cm³/mol. The summed E-state index contributed by atoms with van der Waals surface area (Å²) in [6, 6.07) is 4.52. The molecule has 4 atom stereocenters. The molecule has 1 fully saturated rings. The van der Waals surface area contributed by atoms with Crippen molar-refractivity contribution in [1.29, 1.82) is 0 Å². The van der Waals surface area contributed by atoms with Crippen LogP contribution < -0.4 is 9.47 Å². The lowest BCUT2D eigenvalue weighted by Gasteiger charge is -2.57. The van der Waals surface area contributed by atoms with Gasteiger partial charge in [-0.05, 0) is 106 Å². The summed E-state index contributed by atoms with van der Waals surface area (Å²) >= 11 is 0. The summed E-state index contributed by atoms with van der Waals surface area (Å²) in [6.45, 7) is 28.5. The number of hydrogen-bond donors (Lipinski definition) is 0. The van der Waals surface area contributed by atoms with Gasteiger partial charge in [0.05, 0.1) is 0 Å². The normalized spacial score (nSPS) is 29.4. The van der Waals surface area contributed by atoms with Crippen LogP contribution in [-0.2, 0) is 5.41 Å². The molecule has 35 heavy (non-hydrogen) atoms. The van der Waals surface area contributed by atoms with Crippen molar-refractivity contribution in [3.05, 3.63) is 41.0 Å². The van der Waals surface area contributed by atoms with E-state index in [1.165, 1.54) is 28.7 Å². The summed E-state index contributed by atoms with van der Waals surface area (Å²) in [5.74, 6) is 3.79. The molecule has 1 aliphatic heterocycles. The number of benzene rings is 1. The second-order valence-electron chi connectivity index (χ2n) is 14.6. The standard InChI is InChI=1S/C31H47NO2Si/c1-19-14-20-15-22-23-17-26-27(34-13-12-33-26)18-25(23)31(8,9)24(22)16-21(20)28(19)35(10,11)32(29(2,3)4)30(5,6)7/h15-21,28H,12-14H2,1-11H3. The smallest absolute Gasteiger partial charge is 0.161 e. The zero-order valence-electron chi connectivity index (χ0n) is 24.0. The molecule has 0 radical (unpaired) electrons. The zero-order chi connectivity index (χ0) is 25.7. The van der Waals surface area contributed by atoms with E-state index in [1.807, 2.05) is 0 Å². The van der Waals surface area contributed by atoms with Crippen LogP contribution in [0.3, 0.4) is 0 Å². The van der Waals surface area contributed by atoms with E-state index >= 15 is 0 Å². The number of allylic oxidation sites excluding steroid dienone is 4. The van der Waals surface area contributed by atoms with E-state index in [2.05, 4.69) is 104 Å². The van der Waals surface area contributed by atoms with Gasteiger partial charge in [0.15, 0.2) is 11.5 Å². The summed E-state index contributed by atoms with van der Waals surface area (Å²) in [5, 5.41) is 0. The molecule has 1 aromatic carbocycles. The van der Waals surface area contributed by atoms with Crippen LogP contribution in [0.25, 0.3) is 5.57 Å². The first-order chi connectivity index (χ1) is 16.0. The van der Waals surface area contributed by atoms with Gasteiger partial charge >= 0.3 is 0 Å². The van der Waals surface area contributed by atoms with Crippen molar-refractivity contribution in [3.8, 4) is 11.5 Å². The Balaban J connectivity index is 1.59. The van der Waals surface area contributed by atoms with Gasteiger partial charge < -0.3 is 14.0 Å². The highest BCUT2D eigenvalue weighted by Gasteiger charge is 2.56. The van der Waals surface area contributed by atoms with Crippen LogP contribution in [0, 0.1) is 17.8 Å². The van der Waals surface area contributed by atoms with E-state index in [9.17, 15) is 0 Å². The summed E-state index contributed by atoms with van der Waals surface area (Å²) in [4.78, 5) is 0. The lowest BCUT2D eigenvalue weighted by atomic mass is 9.76. The molecule has 3 aliphatic carbocycles. The molecule has 1 aromatic rings. The van der Waals surface area contributed by atoms with Gasteiger partial charge in [-0.15, -0.1) is 0 Å². The van der Waals surface area contributed by atoms with Crippen molar-refractivity contribution in [3.63, 3.8) is 0 Å². The Bertz CT molecular complexity index is 1080. The number of fused-ring (bicyclic) bond motifs is 5. The highest BCUT2D eigenvalue weighted by molar-refractivity contribution is 6.76. The first-order valence-electron chi connectivity index (χ1n) is 13.7. The average Bonchev–Trinajstić information content (AvgIpc) is 3.13. The first kappa shape index (κ1) is 25.1. The molecule has 0 spiro atoms. The second-order valence-corrected chi connectivity index (χ2v) is 19.1. The van der Waals surface area contributed by atoms with Crippen molar-refractivity contribution >= 4 is 13.8 Å². The van der Waals surface area contributed by atoms with E-state index < -0.39 is 8.24 Å². The number of nitrogens with zero attached hydrogens (tertiary/aromatic N) is 1. The van der Waals surface area contributed by atoms with Crippen LogP contribution in [0.15, 0.2) is 29.9 Å². The molecule has 0 saturated heterocycles. The van der Waals surface area contributed by atoms with Gasteiger partial charge in [0.2, 0.25) is 0 Å². The summed E-state index contributed by atoms with van der Waals surface area (Å²) < 4.78 is 14.9. The Kier molecular flexibility index (Phi) is 5.56. The third-order valence-electron chi connectivity index (χ3n) is 9.25. The number of ether oxygens (including phenoxy) is 2. The van der Waals surface area contributed by atoms with Crippen LogP contribution >= 0.6 is 0 Å². The van der Waals surface area contributed by atoms with Gasteiger partial charge in [-0.3, -0.25) is 0 Å². The third-order valence-corrected chi connectivity index (χ3v) is 14.3. The fraction of sp³-hybridized carbons (Fsp3) is 0.677. The fourth-order valence-corrected chi connectivity index (χ4v) is 15.7. The third kappa shape index (κ3) is 3.77. The van der Waals surface area contributed by atoms with Gasteiger partial charge in [-0.2, -0.15) is 0 Å². The van der Waals surface area contributed by atoms with Gasteiger partial charge in [0.25, 0.3) is 0 Å². The van der Waals surface area contributed by atoms with Gasteiger partial charge in [0.1, 0.15) is 21.4 Å². The Hall–Kier alpha value is -1.52. The lowest BCUT2D eigenvalue weighted by molar-refractivity contribution is 0.121. The van der Waals surface area contributed by atoms with Crippen molar-refractivity contribution in [2.45, 2.75) is 104 Å². The highest BCUT2D eigenvalue weighted by Crippen LogP contribution is 2.62. The maximum atomic E-state index is 5.98. The molecular formula is C31H47NO2Si. The average molecular weight is 494 g/mol. The minimum Gasteiger partial charge on any atom is -0.486 e. The van der Waals surface area contributed by atoms with E-state index in [-0.39, 0.29) is 16.5 Å². The Morgan fingerprint density at radius 3 is 2.06 bits per heavy atom. The van der Waals surface area contributed by atoms with E-state index in [0.29, 0.717) is 25.0 Å². The maximum Gasteiger partial charge on any atom is 0.161 e. The Morgan fingerprint density at radius 1 is 0.914 bits per heavy atom. The SMILES string of the molecule is CC1CC2C=C3C(=CC2C1[Si](C)(C)N(C(C)(C)C)C(C)(C)C)C(C)(C)c1cc2c(cc13)OCCO2. The molecule has 0 bridgehead atoms. The van der Waals surface area contributed by atoms with Crippen LogP contribution in [0.2, 0.25) is 18.6 Å². The fourth-order valence-electron chi connectivity index (χ4n) is 9.18. The first-order valence-corrected chi connectivity index (χ1v) is 16.8. The summed E-state index contributed by atoms with van der Waals surface area (Å²) in [7, 11) is -1.81. The quantitative estimate of drug-likeness (QED) is 0.392. The second kappa shape index (κ2) is 7.74. The molecule has 0 amide bonds. The van der Waals surface area contributed by atoms with Crippen LogP contribution in [0.1, 0.15) is 79.9 Å². The molecular weight excluding hydrogens is 446 g/mol. The topological polar surface area (TPSA) is 21.7 Å². The molecule has 4 unspecified atom stereocenters.